The maximum Gasteiger partial charge on any atom is 0.430 e. The van der Waals surface area contributed by atoms with Crippen molar-refractivity contribution in [3.8, 4) is 0 Å². The molecule has 0 spiro atoms. The van der Waals surface area contributed by atoms with Gasteiger partial charge in [-0.15, -0.1) is 0 Å². The van der Waals surface area contributed by atoms with Crippen LogP contribution < -0.4 is 9.80 Å². The molecule has 2 aliphatic rings. The zero-order chi connectivity index (χ0) is 21.0. The van der Waals surface area contributed by atoms with E-state index in [1.165, 1.54) is 36.4 Å². The van der Waals surface area contributed by atoms with Gasteiger partial charge in [0.05, 0.1) is 32.5 Å². The van der Waals surface area contributed by atoms with Gasteiger partial charge in [-0.1, -0.05) is 35.3 Å². The minimum Gasteiger partial charge on any atom is -0.358 e. The lowest BCUT2D eigenvalue weighted by atomic mass is 10.1. The number of para-hydroxylation sites is 2. The molecule has 4 rings (SSSR count). The van der Waals surface area contributed by atoms with Gasteiger partial charge < -0.3 is 4.74 Å². The number of Topliss-reactive ketones (excluding diaryl/α,β-unsaturated/α-hetero) is 2. The van der Waals surface area contributed by atoms with Gasteiger partial charge in [0.15, 0.2) is 0 Å². The molecular formula is C18H6Cl2N2O7. The van der Waals surface area contributed by atoms with Crippen molar-refractivity contribution in [1.29, 1.82) is 0 Å². The van der Waals surface area contributed by atoms with Gasteiger partial charge >= 0.3 is 24.0 Å². The number of rotatable bonds is 0. The minimum absolute atomic E-state index is 0.105. The van der Waals surface area contributed by atoms with Crippen LogP contribution in [0.2, 0.25) is 10.0 Å². The van der Waals surface area contributed by atoms with E-state index >= 15 is 0 Å². The minimum atomic E-state index is -1.57. The summed E-state index contributed by atoms with van der Waals surface area (Å²) >= 11 is 11.9. The normalized spacial score (nSPS) is 15.0. The summed E-state index contributed by atoms with van der Waals surface area (Å²) in [4.78, 5) is 73.9. The number of anilines is 2. The number of halogens is 2. The molecule has 0 bridgehead atoms. The molecule has 2 aromatic carbocycles. The average Bonchev–Trinajstić information content (AvgIpc) is 3.09. The van der Waals surface area contributed by atoms with Gasteiger partial charge in [-0.05, 0) is 24.3 Å². The van der Waals surface area contributed by atoms with Gasteiger partial charge in [0.2, 0.25) is 0 Å². The van der Waals surface area contributed by atoms with E-state index in [0.717, 1.165) is 0 Å². The summed E-state index contributed by atoms with van der Waals surface area (Å²) in [5.41, 5.74) is -0.783. The Kier molecular flexibility index (Phi) is 4.21. The standard InChI is InChI=1S/C18H6Cl2N2O7/c19-9-5-1-3-7-11(9)21(15(25)13(7)23)17(27)29-18(28)22-12-8(14(24)16(22)26)4-2-6-10(12)20/h1-6H. The van der Waals surface area contributed by atoms with Crippen LogP contribution in [0.15, 0.2) is 36.4 Å². The maximum atomic E-state index is 12.5. The summed E-state index contributed by atoms with van der Waals surface area (Å²) in [5.74, 6) is -4.61. The Morgan fingerprint density at radius 2 is 1.07 bits per heavy atom. The number of imide groups is 2. The number of hydrogen-bond donors (Lipinski definition) is 0. The molecule has 29 heavy (non-hydrogen) atoms. The van der Waals surface area contributed by atoms with Crippen molar-refractivity contribution < 1.29 is 33.5 Å². The zero-order valence-corrected chi connectivity index (χ0v) is 15.5. The van der Waals surface area contributed by atoms with Crippen LogP contribution >= 0.6 is 23.2 Å². The Morgan fingerprint density at radius 3 is 1.45 bits per heavy atom. The smallest absolute Gasteiger partial charge is 0.358 e. The van der Waals surface area contributed by atoms with Crippen LogP contribution in [0, 0.1) is 0 Å². The average molecular weight is 433 g/mol. The predicted octanol–water partition coefficient (Wildman–Crippen LogP) is 3.01. The summed E-state index contributed by atoms with van der Waals surface area (Å²) < 4.78 is 4.59. The van der Waals surface area contributed by atoms with Crippen LogP contribution in [0.3, 0.4) is 0 Å². The van der Waals surface area contributed by atoms with Crippen LogP contribution in [-0.2, 0) is 14.3 Å². The molecule has 2 aromatic rings. The summed E-state index contributed by atoms with van der Waals surface area (Å²) in [6, 6.07) is 8.00. The number of carbonyl (C=O) groups is 6. The fourth-order valence-corrected chi connectivity index (χ4v) is 3.52. The first-order valence-corrected chi connectivity index (χ1v) is 8.60. The molecule has 144 valence electrons. The Labute approximate surface area is 171 Å². The van der Waals surface area contributed by atoms with Crippen LogP contribution in [0.4, 0.5) is 21.0 Å². The first-order valence-electron chi connectivity index (χ1n) is 7.84. The van der Waals surface area contributed by atoms with E-state index in [2.05, 4.69) is 4.74 Å². The van der Waals surface area contributed by atoms with Crippen LogP contribution in [-0.4, -0.2) is 35.6 Å². The quantitative estimate of drug-likeness (QED) is 0.463. The lowest BCUT2D eigenvalue weighted by Crippen LogP contribution is -2.43. The van der Waals surface area contributed by atoms with E-state index < -0.39 is 35.6 Å². The van der Waals surface area contributed by atoms with Crippen molar-refractivity contribution in [1.82, 2.24) is 0 Å². The molecule has 0 aliphatic carbocycles. The van der Waals surface area contributed by atoms with E-state index in [9.17, 15) is 28.8 Å². The molecule has 0 unspecified atom stereocenters. The molecule has 2 heterocycles. The third-order valence-electron chi connectivity index (χ3n) is 4.24. The number of carbonyl (C=O) groups excluding carboxylic acids is 6. The number of ether oxygens (including phenoxy) is 1. The highest BCUT2D eigenvalue weighted by molar-refractivity contribution is 6.59. The number of ketones is 2. The third-order valence-corrected chi connectivity index (χ3v) is 4.85. The van der Waals surface area contributed by atoms with Crippen molar-refractivity contribution in [3.63, 3.8) is 0 Å². The van der Waals surface area contributed by atoms with E-state index in [-0.39, 0.29) is 42.3 Å². The maximum absolute atomic E-state index is 12.5. The van der Waals surface area contributed by atoms with Gasteiger partial charge in [0.1, 0.15) is 0 Å². The second-order valence-electron chi connectivity index (χ2n) is 5.85. The molecular weight excluding hydrogens is 427 g/mol. The predicted molar refractivity (Wildman–Crippen MR) is 98.4 cm³/mol. The summed E-state index contributed by atoms with van der Waals surface area (Å²) in [6.07, 6.45) is -3.14. The molecule has 2 aliphatic heterocycles. The van der Waals surface area contributed by atoms with Crippen LogP contribution in [0.1, 0.15) is 20.7 Å². The van der Waals surface area contributed by atoms with E-state index in [4.69, 9.17) is 23.2 Å². The molecule has 0 N–H and O–H groups in total. The molecule has 4 amide bonds. The van der Waals surface area contributed by atoms with E-state index in [0.29, 0.717) is 0 Å². The first-order chi connectivity index (χ1) is 13.7. The Hall–Kier alpha value is -3.56. The molecule has 0 atom stereocenters. The monoisotopic (exact) mass is 432 g/mol. The summed E-state index contributed by atoms with van der Waals surface area (Å²) in [5, 5.41) is -0.209. The fraction of sp³-hybridized carbons (Fsp3) is 0. The van der Waals surface area contributed by atoms with Crippen molar-refractivity contribution in [3.05, 3.63) is 57.6 Å². The molecule has 0 fully saturated rings. The van der Waals surface area contributed by atoms with Crippen molar-refractivity contribution in [2.75, 3.05) is 9.80 Å². The highest BCUT2D eigenvalue weighted by Crippen LogP contribution is 2.38. The lowest BCUT2D eigenvalue weighted by Gasteiger charge is -2.18. The Balaban J connectivity index is 1.67. The zero-order valence-electron chi connectivity index (χ0n) is 14.0. The number of benzene rings is 2. The molecule has 0 saturated heterocycles. The number of fused-ring (bicyclic) bond motifs is 2. The van der Waals surface area contributed by atoms with Crippen molar-refractivity contribution in [2.45, 2.75) is 0 Å². The molecule has 9 nitrogen and oxygen atoms in total. The van der Waals surface area contributed by atoms with Gasteiger partial charge in [-0.25, -0.2) is 19.4 Å². The van der Waals surface area contributed by atoms with Crippen LogP contribution in [0.5, 0.6) is 0 Å². The molecule has 0 aromatic heterocycles. The second-order valence-corrected chi connectivity index (χ2v) is 6.66. The van der Waals surface area contributed by atoms with Gasteiger partial charge in [0, 0.05) is 0 Å². The molecule has 0 radical (unpaired) electrons. The number of amides is 4. The third kappa shape index (κ3) is 2.63. The van der Waals surface area contributed by atoms with Gasteiger partial charge in [-0.2, -0.15) is 0 Å². The SMILES string of the molecule is O=C1C(=O)N(C(=O)OC(=O)N2C(=O)C(=O)c3cccc(Cl)c32)c2c(Cl)cccc21. The highest BCUT2D eigenvalue weighted by Gasteiger charge is 2.46. The topological polar surface area (TPSA) is 118 Å². The fourth-order valence-electron chi connectivity index (χ4n) is 3.00. The van der Waals surface area contributed by atoms with Crippen molar-refractivity contribution in [2.24, 2.45) is 0 Å². The second kappa shape index (κ2) is 6.50. The summed E-state index contributed by atoms with van der Waals surface area (Å²) in [6.45, 7) is 0. The molecule has 0 saturated carbocycles. The largest absolute Gasteiger partial charge is 0.430 e. The van der Waals surface area contributed by atoms with Gasteiger partial charge in [0.25, 0.3) is 11.6 Å². The molecule has 11 heteroatoms. The number of hydrogen-bond acceptors (Lipinski definition) is 7. The van der Waals surface area contributed by atoms with E-state index in [1.807, 2.05) is 0 Å². The highest BCUT2D eigenvalue weighted by atomic mass is 35.5. The van der Waals surface area contributed by atoms with Crippen molar-refractivity contribution >= 4 is 70.1 Å². The number of nitrogens with zero attached hydrogens (tertiary/aromatic N) is 2. The summed E-state index contributed by atoms with van der Waals surface area (Å²) in [7, 11) is 0. The van der Waals surface area contributed by atoms with E-state index in [1.54, 1.807) is 0 Å². The van der Waals surface area contributed by atoms with Crippen LogP contribution in [0.25, 0.3) is 0 Å². The van der Waals surface area contributed by atoms with Gasteiger partial charge in [-0.3, -0.25) is 19.2 Å². The first kappa shape index (κ1) is 18.8. The Bertz CT molecular complexity index is 1100. The Morgan fingerprint density at radius 1 is 0.690 bits per heavy atom. The lowest BCUT2D eigenvalue weighted by molar-refractivity contribution is -0.114.